The first-order chi connectivity index (χ1) is 8.66. The third-order valence-corrected chi connectivity index (χ3v) is 3.04. The van der Waals surface area contributed by atoms with Gasteiger partial charge in [0.05, 0.1) is 18.0 Å². The summed E-state index contributed by atoms with van der Waals surface area (Å²) in [7, 11) is 1.93. The second-order valence-electron chi connectivity index (χ2n) is 4.27. The average molecular weight is 363 g/mol. The summed E-state index contributed by atoms with van der Waals surface area (Å²) in [5, 5.41) is 0. The zero-order valence-corrected chi connectivity index (χ0v) is 12.8. The Bertz CT molecular complexity index is 604. The summed E-state index contributed by atoms with van der Waals surface area (Å²) >= 11 is 0. The minimum absolute atomic E-state index is 0. The van der Waals surface area contributed by atoms with Crippen molar-refractivity contribution >= 4 is 17.1 Å². The SMILES string of the molecule is CN1CN(c2[c-]cc(F)cc2F)c2ccccc21.[CH3-].[Rh+2]. The monoisotopic (exact) mass is 363 g/mol. The van der Waals surface area contributed by atoms with Crippen LogP contribution in [0.15, 0.2) is 36.4 Å². The van der Waals surface area contributed by atoms with Crippen LogP contribution in [0.5, 0.6) is 0 Å². The van der Waals surface area contributed by atoms with Gasteiger partial charge >= 0.3 is 19.5 Å². The largest absolute Gasteiger partial charge is 2.00 e. The van der Waals surface area contributed by atoms with Crippen molar-refractivity contribution in [2.24, 2.45) is 0 Å². The van der Waals surface area contributed by atoms with Crippen molar-refractivity contribution in [2.45, 2.75) is 0 Å². The molecule has 0 aromatic heterocycles. The van der Waals surface area contributed by atoms with E-state index in [-0.39, 0.29) is 32.6 Å². The molecule has 2 nitrogen and oxygen atoms in total. The molecule has 1 aliphatic heterocycles. The van der Waals surface area contributed by atoms with Crippen molar-refractivity contribution in [1.29, 1.82) is 0 Å². The number of hydrogen-bond acceptors (Lipinski definition) is 2. The van der Waals surface area contributed by atoms with Crippen LogP contribution in [-0.2, 0) is 19.5 Å². The molecule has 0 saturated carbocycles. The molecular formula is C15H14F2N2Rh. The zero-order chi connectivity index (χ0) is 12.7. The third kappa shape index (κ3) is 2.68. The van der Waals surface area contributed by atoms with Gasteiger partial charge < -0.3 is 17.2 Å². The molecule has 1 heterocycles. The van der Waals surface area contributed by atoms with Crippen LogP contribution in [0.1, 0.15) is 0 Å². The number of anilines is 3. The number of fused-ring (bicyclic) bond motifs is 1. The topological polar surface area (TPSA) is 6.48 Å². The summed E-state index contributed by atoms with van der Waals surface area (Å²) in [5.41, 5.74) is 2.20. The quantitative estimate of drug-likeness (QED) is 0.563. The number of nitrogens with zero attached hydrogens (tertiary/aromatic N) is 2. The number of hydrogen-bond donors (Lipinski definition) is 0. The molecule has 3 rings (SSSR count). The summed E-state index contributed by atoms with van der Waals surface area (Å²) < 4.78 is 26.7. The molecule has 0 unspecified atom stereocenters. The molecule has 5 heteroatoms. The zero-order valence-electron chi connectivity index (χ0n) is 11.2. The Morgan fingerprint density at radius 3 is 2.45 bits per heavy atom. The van der Waals surface area contributed by atoms with E-state index in [0.717, 1.165) is 23.5 Å². The van der Waals surface area contributed by atoms with Crippen molar-refractivity contribution in [2.75, 3.05) is 23.5 Å². The Kier molecular flexibility index (Phi) is 5.23. The van der Waals surface area contributed by atoms with Crippen molar-refractivity contribution in [3.63, 3.8) is 0 Å². The van der Waals surface area contributed by atoms with Gasteiger partial charge in [0.1, 0.15) is 0 Å². The molecule has 2 aromatic rings. The Hall–Kier alpha value is -1.48. The van der Waals surface area contributed by atoms with Crippen molar-refractivity contribution in [3.05, 3.63) is 61.5 Å². The van der Waals surface area contributed by atoms with Crippen LogP contribution in [0.25, 0.3) is 0 Å². The van der Waals surface area contributed by atoms with Crippen LogP contribution in [-0.4, -0.2) is 13.7 Å². The van der Waals surface area contributed by atoms with Crippen molar-refractivity contribution in [1.82, 2.24) is 0 Å². The summed E-state index contributed by atoms with van der Waals surface area (Å²) in [6.07, 6.45) is 0. The summed E-state index contributed by atoms with van der Waals surface area (Å²) in [5.74, 6) is -1.21. The Labute approximate surface area is 130 Å². The molecule has 0 atom stereocenters. The molecular weight excluding hydrogens is 349 g/mol. The van der Waals surface area contributed by atoms with Gasteiger partial charge in [-0.05, 0) is 17.8 Å². The first kappa shape index (κ1) is 16.6. The summed E-state index contributed by atoms with van der Waals surface area (Å²) in [4.78, 5) is 3.79. The third-order valence-electron chi connectivity index (χ3n) is 3.04. The van der Waals surface area contributed by atoms with Gasteiger partial charge in [-0.2, -0.15) is 6.07 Å². The fraction of sp³-hybridized carbons (Fsp3) is 0.133. The van der Waals surface area contributed by atoms with Gasteiger partial charge in [0.15, 0.2) is 0 Å². The van der Waals surface area contributed by atoms with Gasteiger partial charge in [-0.1, -0.05) is 12.1 Å². The minimum Gasteiger partial charge on any atom is -0.358 e. The number of rotatable bonds is 1. The fourth-order valence-electron chi connectivity index (χ4n) is 2.22. The van der Waals surface area contributed by atoms with Crippen molar-refractivity contribution < 1.29 is 28.3 Å². The van der Waals surface area contributed by atoms with Crippen LogP contribution in [0.3, 0.4) is 0 Å². The Morgan fingerprint density at radius 1 is 1.15 bits per heavy atom. The van der Waals surface area contributed by atoms with E-state index in [1.165, 1.54) is 0 Å². The van der Waals surface area contributed by atoms with Crippen molar-refractivity contribution in [3.8, 4) is 0 Å². The molecule has 20 heavy (non-hydrogen) atoms. The molecule has 0 aliphatic carbocycles. The molecule has 2 aromatic carbocycles. The number of benzene rings is 2. The van der Waals surface area contributed by atoms with E-state index in [0.29, 0.717) is 6.67 Å². The molecule has 0 spiro atoms. The molecule has 0 bridgehead atoms. The van der Waals surface area contributed by atoms with Crippen LogP contribution in [0, 0.1) is 25.1 Å². The fourth-order valence-corrected chi connectivity index (χ4v) is 2.22. The maximum Gasteiger partial charge on any atom is 2.00 e. The second-order valence-corrected chi connectivity index (χ2v) is 4.27. The predicted octanol–water partition coefficient (Wildman–Crippen LogP) is 3.76. The smallest absolute Gasteiger partial charge is 0.358 e. The van der Waals surface area contributed by atoms with Gasteiger partial charge in [-0.3, -0.25) is 8.78 Å². The molecule has 0 amide bonds. The molecule has 0 saturated heterocycles. The van der Waals surface area contributed by atoms with Crippen LogP contribution in [0.2, 0.25) is 0 Å². The normalized spacial score (nSPS) is 12.6. The molecule has 107 valence electrons. The summed E-state index contributed by atoms with van der Waals surface area (Å²) in [6, 6.07) is 12.4. The van der Waals surface area contributed by atoms with E-state index in [9.17, 15) is 8.78 Å². The van der Waals surface area contributed by atoms with E-state index in [1.807, 2.05) is 36.2 Å². The maximum atomic E-state index is 13.8. The molecule has 1 radical (unpaired) electrons. The van der Waals surface area contributed by atoms with E-state index >= 15 is 0 Å². The van der Waals surface area contributed by atoms with Crippen LogP contribution >= 0.6 is 0 Å². The van der Waals surface area contributed by atoms with Gasteiger partial charge in [-0.15, -0.1) is 12.1 Å². The molecule has 1 aliphatic rings. The van der Waals surface area contributed by atoms with Crippen LogP contribution in [0.4, 0.5) is 25.8 Å². The number of para-hydroxylation sites is 2. The Balaban J connectivity index is 0.000001000. The predicted molar refractivity (Wildman–Crippen MR) is 73.5 cm³/mol. The van der Waals surface area contributed by atoms with Gasteiger partial charge in [0, 0.05) is 18.7 Å². The van der Waals surface area contributed by atoms with E-state index in [1.54, 1.807) is 4.90 Å². The second kappa shape index (κ2) is 6.32. The van der Waals surface area contributed by atoms with Gasteiger partial charge in [0.25, 0.3) is 0 Å². The molecule has 0 N–H and O–H groups in total. The summed E-state index contributed by atoms with van der Waals surface area (Å²) in [6.45, 7) is 0.526. The molecule has 0 fully saturated rings. The van der Waals surface area contributed by atoms with E-state index in [2.05, 4.69) is 6.07 Å². The standard InChI is InChI=1S/C14H11F2N2.CH3.Rh/c1-17-9-18(14-5-3-2-4-13(14)17)12-7-6-10(15)8-11(12)16;;/h2-6,8H,9H2,1H3;1H3;/q2*-1;+2. The minimum atomic E-state index is -0.614. The van der Waals surface area contributed by atoms with Gasteiger partial charge in [-0.25, -0.2) is 0 Å². The maximum absolute atomic E-state index is 13.8. The number of halogens is 2. The van der Waals surface area contributed by atoms with E-state index in [4.69, 9.17) is 0 Å². The average Bonchev–Trinajstić information content (AvgIpc) is 2.68. The van der Waals surface area contributed by atoms with E-state index < -0.39 is 11.6 Å². The first-order valence-electron chi connectivity index (χ1n) is 5.61. The van der Waals surface area contributed by atoms with Crippen LogP contribution < -0.4 is 9.80 Å². The Morgan fingerprint density at radius 2 is 1.80 bits per heavy atom. The first-order valence-corrected chi connectivity index (χ1v) is 5.61. The van der Waals surface area contributed by atoms with Gasteiger partial charge in [0.2, 0.25) is 0 Å².